The molecular weight excluding hydrogens is 256 g/mol. The molecular formula is C10H16N4O3S. The molecule has 0 aromatic carbocycles. The van der Waals surface area contributed by atoms with E-state index in [1.165, 1.54) is 0 Å². The van der Waals surface area contributed by atoms with Gasteiger partial charge in [0.15, 0.2) is 5.16 Å². The van der Waals surface area contributed by atoms with Gasteiger partial charge in [-0.25, -0.2) is 0 Å². The molecule has 0 unspecified atom stereocenters. The van der Waals surface area contributed by atoms with Gasteiger partial charge in [-0.05, 0) is 13.8 Å². The zero-order valence-electron chi connectivity index (χ0n) is 10.3. The highest BCUT2D eigenvalue weighted by molar-refractivity contribution is 7.99. The fourth-order valence-electron chi connectivity index (χ4n) is 1.35. The average Bonchev–Trinajstić information content (AvgIpc) is 2.65. The smallest absolute Gasteiger partial charge is 0.313 e. The van der Waals surface area contributed by atoms with Gasteiger partial charge < -0.3 is 15.0 Å². The molecule has 18 heavy (non-hydrogen) atoms. The molecule has 2 N–H and O–H groups in total. The Balaban J connectivity index is 2.60. The summed E-state index contributed by atoms with van der Waals surface area (Å²) in [5.74, 6) is -0.345. The first kappa shape index (κ1) is 14.5. The maximum atomic E-state index is 11.4. The third-order valence-electron chi connectivity index (χ3n) is 2.16. The van der Waals surface area contributed by atoms with Crippen molar-refractivity contribution >= 4 is 23.6 Å². The van der Waals surface area contributed by atoms with Crippen LogP contribution in [0.25, 0.3) is 0 Å². The summed E-state index contributed by atoms with van der Waals surface area (Å²) in [6, 6.07) is 0. The van der Waals surface area contributed by atoms with Crippen LogP contribution in [-0.4, -0.2) is 44.0 Å². The molecule has 0 saturated heterocycles. The van der Waals surface area contributed by atoms with Crippen molar-refractivity contribution in [2.24, 2.45) is 0 Å². The van der Waals surface area contributed by atoms with Crippen LogP contribution in [0.3, 0.4) is 0 Å². The van der Waals surface area contributed by atoms with E-state index in [4.69, 9.17) is 5.11 Å². The molecule has 8 heteroatoms. The number of carboxylic acid groups (broad SMARTS) is 1. The lowest BCUT2D eigenvalue weighted by molar-refractivity contribution is -0.134. The molecule has 0 saturated carbocycles. The summed E-state index contributed by atoms with van der Waals surface area (Å²) in [6.45, 7) is 4.68. The van der Waals surface area contributed by atoms with Gasteiger partial charge in [0.25, 0.3) is 0 Å². The second-order valence-corrected chi connectivity index (χ2v) is 4.51. The lowest BCUT2D eigenvalue weighted by atomic mass is 10.4. The Morgan fingerprint density at radius 1 is 1.44 bits per heavy atom. The Hall–Kier alpha value is -1.57. The maximum Gasteiger partial charge on any atom is 0.313 e. The van der Waals surface area contributed by atoms with E-state index in [-0.39, 0.29) is 11.7 Å². The van der Waals surface area contributed by atoms with Gasteiger partial charge in [0.2, 0.25) is 5.91 Å². The van der Waals surface area contributed by atoms with Crippen LogP contribution in [0, 0.1) is 6.92 Å². The SMILES string of the molecule is CCNC(=O)CCn1c(C)nnc1SCC(=O)O. The fraction of sp³-hybridized carbons (Fsp3) is 0.600. The van der Waals surface area contributed by atoms with E-state index >= 15 is 0 Å². The molecule has 1 rings (SSSR count). The predicted octanol–water partition coefficient (Wildman–Crippen LogP) is 0.289. The van der Waals surface area contributed by atoms with Crippen molar-refractivity contribution in [3.8, 4) is 0 Å². The molecule has 1 amide bonds. The van der Waals surface area contributed by atoms with Crippen LogP contribution in [0.2, 0.25) is 0 Å². The zero-order valence-corrected chi connectivity index (χ0v) is 11.2. The number of aromatic nitrogens is 3. The van der Waals surface area contributed by atoms with Crippen LogP contribution >= 0.6 is 11.8 Å². The molecule has 0 spiro atoms. The number of hydrogen-bond donors (Lipinski definition) is 2. The molecule has 0 atom stereocenters. The van der Waals surface area contributed by atoms with Gasteiger partial charge in [0.1, 0.15) is 5.82 Å². The van der Waals surface area contributed by atoms with E-state index < -0.39 is 5.97 Å². The molecule has 0 aliphatic rings. The fourth-order valence-corrected chi connectivity index (χ4v) is 2.08. The lowest BCUT2D eigenvalue weighted by Crippen LogP contribution is -2.24. The minimum Gasteiger partial charge on any atom is -0.481 e. The Labute approximate surface area is 109 Å². The quantitative estimate of drug-likeness (QED) is 0.692. The summed E-state index contributed by atoms with van der Waals surface area (Å²) in [7, 11) is 0. The van der Waals surface area contributed by atoms with Gasteiger partial charge in [-0.2, -0.15) is 0 Å². The second kappa shape index (κ2) is 7.00. The number of rotatable bonds is 7. The second-order valence-electron chi connectivity index (χ2n) is 3.57. The van der Waals surface area contributed by atoms with E-state index in [1.54, 1.807) is 11.5 Å². The number of aliphatic carboxylic acids is 1. The summed E-state index contributed by atoms with van der Waals surface area (Å²) >= 11 is 1.10. The number of nitrogens with one attached hydrogen (secondary N) is 1. The Morgan fingerprint density at radius 2 is 2.17 bits per heavy atom. The number of nitrogens with zero attached hydrogens (tertiary/aromatic N) is 3. The molecule has 0 radical (unpaired) electrons. The summed E-state index contributed by atoms with van der Waals surface area (Å²) in [5, 5.41) is 19.6. The van der Waals surface area contributed by atoms with Crippen molar-refractivity contribution in [2.45, 2.75) is 32.0 Å². The van der Waals surface area contributed by atoms with Crippen LogP contribution in [0.5, 0.6) is 0 Å². The van der Waals surface area contributed by atoms with Crippen molar-refractivity contribution in [1.82, 2.24) is 20.1 Å². The molecule has 1 heterocycles. The number of carbonyl (C=O) groups is 2. The van der Waals surface area contributed by atoms with Crippen LogP contribution in [0.15, 0.2) is 5.16 Å². The predicted molar refractivity (Wildman–Crippen MR) is 66.4 cm³/mol. The first-order valence-corrected chi connectivity index (χ1v) is 6.54. The van der Waals surface area contributed by atoms with Crippen molar-refractivity contribution in [1.29, 1.82) is 0 Å². The van der Waals surface area contributed by atoms with Crippen molar-refractivity contribution in [3.05, 3.63) is 5.82 Å². The Bertz CT molecular complexity index is 433. The van der Waals surface area contributed by atoms with Crippen molar-refractivity contribution in [2.75, 3.05) is 12.3 Å². The number of thioether (sulfide) groups is 1. The van der Waals surface area contributed by atoms with E-state index in [1.807, 2.05) is 6.92 Å². The van der Waals surface area contributed by atoms with Gasteiger partial charge in [-0.1, -0.05) is 11.8 Å². The monoisotopic (exact) mass is 272 g/mol. The largest absolute Gasteiger partial charge is 0.481 e. The topological polar surface area (TPSA) is 97.1 Å². The van der Waals surface area contributed by atoms with Crippen LogP contribution in [0.1, 0.15) is 19.2 Å². The van der Waals surface area contributed by atoms with Crippen LogP contribution in [0.4, 0.5) is 0 Å². The lowest BCUT2D eigenvalue weighted by Gasteiger charge is -2.07. The Morgan fingerprint density at radius 3 is 2.78 bits per heavy atom. The maximum absolute atomic E-state index is 11.4. The highest BCUT2D eigenvalue weighted by Gasteiger charge is 2.12. The summed E-state index contributed by atoms with van der Waals surface area (Å²) in [6.07, 6.45) is 0.327. The van der Waals surface area contributed by atoms with Gasteiger partial charge in [-0.3, -0.25) is 9.59 Å². The summed E-state index contributed by atoms with van der Waals surface area (Å²) in [5.41, 5.74) is 0. The third kappa shape index (κ3) is 4.36. The third-order valence-corrected chi connectivity index (χ3v) is 3.11. The van der Waals surface area contributed by atoms with Crippen molar-refractivity contribution < 1.29 is 14.7 Å². The molecule has 0 fully saturated rings. The number of carboxylic acids is 1. The Kier molecular flexibility index (Phi) is 5.63. The number of hydrogen-bond acceptors (Lipinski definition) is 5. The summed E-state index contributed by atoms with van der Waals surface area (Å²) in [4.78, 5) is 21.9. The molecule has 1 aromatic heterocycles. The minimum absolute atomic E-state index is 0.0419. The molecule has 0 bridgehead atoms. The highest BCUT2D eigenvalue weighted by atomic mass is 32.2. The molecule has 0 aliphatic heterocycles. The normalized spacial score (nSPS) is 10.3. The summed E-state index contributed by atoms with van der Waals surface area (Å²) < 4.78 is 1.75. The van der Waals surface area contributed by atoms with Gasteiger partial charge in [0.05, 0.1) is 5.75 Å². The van der Waals surface area contributed by atoms with Crippen LogP contribution in [-0.2, 0) is 16.1 Å². The van der Waals surface area contributed by atoms with E-state index in [9.17, 15) is 9.59 Å². The zero-order chi connectivity index (χ0) is 13.5. The van der Waals surface area contributed by atoms with Gasteiger partial charge in [0, 0.05) is 19.5 Å². The standard InChI is InChI=1S/C10H16N4O3S/c1-3-11-8(15)4-5-14-7(2)12-13-10(14)18-6-9(16)17/h3-6H2,1-2H3,(H,11,15)(H,16,17). The number of aryl methyl sites for hydroxylation is 1. The minimum atomic E-state index is -0.907. The first-order chi connectivity index (χ1) is 8.54. The van der Waals surface area contributed by atoms with Gasteiger partial charge in [-0.15, -0.1) is 10.2 Å². The molecule has 0 aliphatic carbocycles. The average molecular weight is 272 g/mol. The highest BCUT2D eigenvalue weighted by Crippen LogP contribution is 2.16. The van der Waals surface area contributed by atoms with Gasteiger partial charge >= 0.3 is 5.97 Å². The first-order valence-electron chi connectivity index (χ1n) is 5.55. The molecule has 7 nitrogen and oxygen atoms in total. The molecule has 1 aromatic rings. The van der Waals surface area contributed by atoms with E-state index in [2.05, 4.69) is 15.5 Å². The van der Waals surface area contributed by atoms with E-state index in [0.717, 1.165) is 11.8 Å². The molecule has 100 valence electrons. The van der Waals surface area contributed by atoms with E-state index in [0.29, 0.717) is 30.5 Å². The number of amides is 1. The van der Waals surface area contributed by atoms with Crippen LogP contribution < -0.4 is 5.32 Å². The van der Waals surface area contributed by atoms with Crippen molar-refractivity contribution in [3.63, 3.8) is 0 Å². The number of carbonyl (C=O) groups excluding carboxylic acids is 1.